The number of nitrogen functional groups attached to an aromatic ring is 1. The Morgan fingerprint density at radius 1 is 1.13 bits per heavy atom. The zero-order chi connectivity index (χ0) is 11.4. The summed E-state index contributed by atoms with van der Waals surface area (Å²) in [5, 5.41) is 0. The Labute approximate surface area is 91.6 Å². The number of rotatable bonds is 4. The van der Waals surface area contributed by atoms with Gasteiger partial charge in [-0.3, -0.25) is 0 Å². The Bertz CT molecular complexity index is 309. The minimum Gasteiger partial charge on any atom is -0.398 e. The van der Waals surface area contributed by atoms with Gasteiger partial charge in [-0.15, -0.1) is 0 Å². The molecule has 0 aliphatic rings. The van der Waals surface area contributed by atoms with Crippen molar-refractivity contribution >= 4 is 5.69 Å². The molecule has 6 N–H and O–H groups in total. The Balaban J connectivity index is 3.20. The maximum atomic E-state index is 6.04. The number of nitrogens with two attached hydrogens (primary N) is 3. The highest BCUT2D eigenvalue weighted by Gasteiger charge is 2.09. The predicted octanol–water partition coefficient (Wildman–Crippen LogP) is 1.35. The molecule has 84 valence electrons. The smallest absolute Gasteiger partial charge is 0.0419 e. The molecule has 0 fully saturated rings. The van der Waals surface area contributed by atoms with Gasteiger partial charge in [0.2, 0.25) is 0 Å². The van der Waals surface area contributed by atoms with Crippen LogP contribution in [0.3, 0.4) is 0 Å². The van der Waals surface area contributed by atoms with E-state index in [9.17, 15) is 0 Å². The molecule has 0 saturated carbocycles. The molecule has 1 aromatic rings. The molecule has 0 radical (unpaired) electrons. The van der Waals surface area contributed by atoms with Crippen molar-refractivity contribution < 1.29 is 0 Å². The van der Waals surface area contributed by atoms with Crippen LogP contribution in [-0.2, 0) is 12.8 Å². The zero-order valence-electron chi connectivity index (χ0n) is 9.59. The number of hydrogen-bond acceptors (Lipinski definition) is 3. The minimum absolute atomic E-state index is 0.0822. The lowest BCUT2D eigenvalue weighted by molar-refractivity contribution is 0.734. The van der Waals surface area contributed by atoms with Crippen molar-refractivity contribution in [3.8, 4) is 0 Å². The molecule has 0 aliphatic heterocycles. The van der Waals surface area contributed by atoms with Crippen molar-refractivity contribution in [2.45, 2.75) is 32.7 Å². The Morgan fingerprint density at radius 2 is 1.60 bits per heavy atom. The van der Waals surface area contributed by atoms with Gasteiger partial charge in [0.05, 0.1) is 0 Å². The highest BCUT2D eigenvalue weighted by Crippen LogP contribution is 2.24. The van der Waals surface area contributed by atoms with Crippen LogP contribution in [0.25, 0.3) is 0 Å². The van der Waals surface area contributed by atoms with Crippen molar-refractivity contribution in [2.24, 2.45) is 11.5 Å². The van der Waals surface area contributed by atoms with Gasteiger partial charge in [-0.25, -0.2) is 0 Å². The highest BCUT2D eigenvalue weighted by molar-refractivity contribution is 5.56. The fourth-order valence-electron chi connectivity index (χ4n) is 1.74. The molecular weight excluding hydrogens is 186 g/mol. The first-order chi connectivity index (χ1) is 7.13. The molecular formula is C12H21N3. The third-order valence-electron chi connectivity index (χ3n) is 2.82. The third-order valence-corrected chi connectivity index (χ3v) is 2.82. The highest BCUT2D eigenvalue weighted by atomic mass is 14.7. The molecule has 0 aromatic heterocycles. The van der Waals surface area contributed by atoms with E-state index >= 15 is 0 Å². The summed E-state index contributed by atoms with van der Waals surface area (Å²) < 4.78 is 0. The van der Waals surface area contributed by atoms with Gasteiger partial charge >= 0.3 is 0 Å². The second-order valence-corrected chi connectivity index (χ2v) is 3.80. The molecule has 3 nitrogen and oxygen atoms in total. The van der Waals surface area contributed by atoms with Gasteiger partial charge in [0, 0.05) is 18.3 Å². The maximum absolute atomic E-state index is 6.04. The zero-order valence-corrected chi connectivity index (χ0v) is 9.59. The van der Waals surface area contributed by atoms with Gasteiger partial charge < -0.3 is 17.2 Å². The van der Waals surface area contributed by atoms with Crippen LogP contribution in [0.15, 0.2) is 12.1 Å². The molecule has 0 saturated heterocycles. The molecule has 1 rings (SSSR count). The van der Waals surface area contributed by atoms with E-state index in [1.54, 1.807) is 0 Å². The summed E-state index contributed by atoms with van der Waals surface area (Å²) in [4.78, 5) is 0. The van der Waals surface area contributed by atoms with E-state index in [1.165, 1.54) is 11.1 Å². The summed E-state index contributed by atoms with van der Waals surface area (Å²) in [5.41, 5.74) is 21.9. The van der Waals surface area contributed by atoms with Crippen molar-refractivity contribution in [2.75, 3.05) is 12.3 Å². The first-order valence-electron chi connectivity index (χ1n) is 5.50. The van der Waals surface area contributed by atoms with Gasteiger partial charge in [-0.05, 0) is 29.5 Å². The van der Waals surface area contributed by atoms with Gasteiger partial charge in [-0.1, -0.05) is 26.0 Å². The molecule has 0 aliphatic carbocycles. The lowest BCUT2D eigenvalue weighted by atomic mass is 9.96. The number of benzene rings is 1. The average molecular weight is 207 g/mol. The Morgan fingerprint density at radius 3 is 1.93 bits per heavy atom. The third kappa shape index (κ3) is 2.49. The Hall–Kier alpha value is -1.06. The van der Waals surface area contributed by atoms with Crippen LogP contribution < -0.4 is 17.2 Å². The molecule has 0 heterocycles. The topological polar surface area (TPSA) is 78.1 Å². The van der Waals surface area contributed by atoms with Crippen LogP contribution in [0.2, 0.25) is 0 Å². The monoisotopic (exact) mass is 207 g/mol. The molecule has 1 aromatic carbocycles. The maximum Gasteiger partial charge on any atom is 0.0419 e. The molecule has 1 atom stereocenters. The number of anilines is 1. The van der Waals surface area contributed by atoms with Gasteiger partial charge in [0.15, 0.2) is 0 Å². The van der Waals surface area contributed by atoms with E-state index in [0.29, 0.717) is 6.54 Å². The quantitative estimate of drug-likeness (QED) is 0.652. The minimum atomic E-state index is -0.0822. The predicted molar refractivity (Wildman–Crippen MR) is 65.6 cm³/mol. The normalized spacial score (nSPS) is 12.8. The summed E-state index contributed by atoms with van der Waals surface area (Å²) in [6.45, 7) is 4.67. The van der Waals surface area contributed by atoms with E-state index in [-0.39, 0.29) is 6.04 Å². The fourth-order valence-corrected chi connectivity index (χ4v) is 1.74. The van der Waals surface area contributed by atoms with E-state index in [4.69, 9.17) is 17.2 Å². The molecule has 15 heavy (non-hydrogen) atoms. The molecule has 0 unspecified atom stereocenters. The van der Waals surface area contributed by atoms with Crippen molar-refractivity contribution in [1.29, 1.82) is 0 Å². The van der Waals surface area contributed by atoms with Crippen LogP contribution in [0, 0.1) is 0 Å². The fraction of sp³-hybridized carbons (Fsp3) is 0.500. The van der Waals surface area contributed by atoms with Gasteiger partial charge in [0.1, 0.15) is 0 Å². The van der Waals surface area contributed by atoms with Gasteiger partial charge in [0.25, 0.3) is 0 Å². The second-order valence-electron chi connectivity index (χ2n) is 3.80. The molecule has 3 heteroatoms. The van der Waals surface area contributed by atoms with Gasteiger partial charge in [-0.2, -0.15) is 0 Å². The summed E-state index contributed by atoms with van der Waals surface area (Å²) in [5.74, 6) is 0. The summed E-state index contributed by atoms with van der Waals surface area (Å²) >= 11 is 0. The first kappa shape index (κ1) is 12.0. The summed E-state index contributed by atoms with van der Waals surface area (Å²) in [6, 6.07) is 4.07. The lowest BCUT2D eigenvalue weighted by Crippen LogP contribution is -2.21. The lowest BCUT2D eigenvalue weighted by Gasteiger charge is -2.15. The van der Waals surface area contributed by atoms with Crippen molar-refractivity contribution in [1.82, 2.24) is 0 Å². The van der Waals surface area contributed by atoms with E-state index < -0.39 is 0 Å². The van der Waals surface area contributed by atoms with Crippen molar-refractivity contribution in [3.63, 3.8) is 0 Å². The van der Waals surface area contributed by atoms with Crippen LogP contribution in [0.5, 0.6) is 0 Å². The van der Waals surface area contributed by atoms with Crippen molar-refractivity contribution in [3.05, 3.63) is 28.8 Å². The Kier molecular flexibility index (Phi) is 4.12. The summed E-state index contributed by atoms with van der Waals surface area (Å²) in [7, 11) is 0. The first-order valence-corrected chi connectivity index (χ1v) is 5.50. The molecule has 0 spiro atoms. The SMILES string of the molecule is CCc1cc([C@@H](N)CN)cc(CC)c1N. The van der Waals surface area contributed by atoms with E-state index in [2.05, 4.69) is 26.0 Å². The van der Waals surface area contributed by atoms with E-state index in [0.717, 1.165) is 24.1 Å². The van der Waals surface area contributed by atoms with Crippen LogP contribution >= 0.6 is 0 Å². The standard InChI is InChI=1S/C12H21N3/c1-3-8-5-10(11(14)7-13)6-9(4-2)12(8)15/h5-6,11H,3-4,7,13-15H2,1-2H3/t11-/m0/s1. The average Bonchev–Trinajstić information content (AvgIpc) is 2.28. The second kappa shape index (κ2) is 5.14. The molecule has 0 amide bonds. The summed E-state index contributed by atoms with van der Waals surface area (Å²) in [6.07, 6.45) is 1.87. The van der Waals surface area contributed by atoms with Crippen LogP contribution in [0.4, 0.5) is 5.69 Å². The van der Waals surface area contributed by atoms with Crippen LogP contribution in [0.1, 0.15) is 36.6 Å². The number of aryl methyl sites for hydroxylation is 2. The van der Waals surface area contributed by atoms with Crippen LogP contribution in [-0.4, -0.2) is 6.54 Å². The number of hydrogen-bond donors (Lipinski definition) is 3. The van der Waals surface area contributed by atoms with E-state index in [1.807, 2.05) is 0 Å². The molecule has 0 bridgehead atoms. The largest absolute Gasteiger partial charge is 0.398 e.